The standard InChI is InChI=1S/C13H25N3O2/c1-3-6-15-13(18)11(2)16(8-9-17)10-12-5-4-7-14-12/h3,11-12,14,17H,1,4-10H2,2H3,(H,15,18). The molecule has 1 rings (SSSR count). The van der Waals surface area contributed by atoms with Crippen molar-refractivity contribution in [2.45, 2.75) is 31.8 Å². The molecule has 0 aliphatic carbocycles. The summed E-state index contributed by atoms with van der Waals surface area (Å²) in [5, 5.41) is 15.3. The maximum absolute atomic E-state index is 11.9. The number of rotatable bonds is 8. The summed E-state index contributed by atoms with van der Waals surface area (Å²) in [7, 11) is 0. The SMILES string of the molecule is C=CCNC(=O)C(C)N(CCO)CC1CCCN1. The van der Waals surface area contributed by atoms with Gasteiger partial charge in [0.15, 0.2) is 0 Å². The second-order valence-corrected chi connectivity index (χ2v) is 4.72. The van der Waals surface area contributed by atoms with Crippen LogP contribution in [0, 0.1) is 0 Å². The summed E-state index contributed by atoms with van der Waals surface area (Å²) < 4.78 is 0. The largest absolute Gasteiger partial charge is 0.395 e. The molecule has 104 valence electrons. The van der Waals surface area contributed by atoms with Crippen LogP contribution in [0.25, 0.3) is 0 Å². The highest BCUT2D eigenvalue weighted by Gasteiger charge is 2.24. The van der Waals surface area contributed by atoms with Gasteiger partial charge in [0.05, 0.1) is 12.6 Å². The Kier molecular flexibility index (Phi) is 6.93. The number of hydrogen-bond donors (Lipinski definition) is 3. The molecule has 18 heavy (non-hydrogen) atoms. The first-order valence-electron chi connectivity index (χ1n) is 6.66. The molecule has 0 aromatic rings. The third-order valence-corrected chi connectivity index (χ3v) is 3.35. The van der Waals surface area contributed by atoms with Gasteiger partial charge in [-0.05, 0) is 26.3 Å². The highest BCUT2D eigenvalue weighted by atomic mass is 16.3. The molecule has 1 fully saturated rings. The van der Waals surface area contributed by atoms with E-state index in [1.54, 1.807) is 6.08 Å². The zero-order chi connectivity index (χ0) is 13.4. The van der Waals surface area contributed by atoms with Crippen LogP contribution in [0.15, 0.2) is 12.7 Å². The number of nitrogens with zero attached hydrogens (tertiary/aromatic N) is 1. The lowest BCUT2D eigenvalue weighted by Gasteiger charge is -2.29. The summed E-state index contributed by atoms with van der Waals surface area (Å²) in [5.74, 6) is -0.0126. The summed E-state index contributed by atoms with van der Waals surface area (Å²) in [6, 6.07) is 0.214. The maximum Gasteiger partial charge on any atom is 0.237 e. The van der Waals surface area contributed by atoms with E-state index < -0.39 is 0 Å². The second kappa shape index (κ2) is 8.24. The molecule has 0 aromatic carbocycles. The fraction of sp³-hybridized carbons (Fsp3) is 0.769. The Hall–Kier alpha value is -0.910. The molecule has 1 heterocycles. The van der Waals surface area contributed by atoms with Crippen LogP contribution in [0.3, 0.4) is 0 Å². The first-order valence-corrected chi connectivity index (χ1v) is 6.66. The number of aliphatic hydroxyl groups excluding tert-OH is 1. The molecular formula is C13H25N3O2. The van der Waals surface area contributed by atoms with Crippen molar-refractivity contribution in [1.29, 1.82) is 0 Å². The molecule has 1 aliphatic rings. The summed E-state index contributed by atoms with van der Waals surface area (Å²) in [6.07, 6.45) is 4.00. The first kappa shape index (κ1) is 15.1. The monoisotopic (exact) mass is 255 g/mol. The van der Waals surface area contributed by atoms with Gasteiger partial charge in [-0.1, -0.05) is 6.08 Å². The number of hydrogen-bond acceptors (Lipinski definition) is 4. The first-order chi connectivity index (χ1) is 8.69. The van der Waals surface area contributed by atoms with Gasteiger partial charge < -0.3 is 15.7 Å². The molecule has 0 radical (unpaired) electrons. The Labute approximate surface area is 109 Å². The number of carbonyl (C=O) groups is 1. The van der Waals surface area contributed by atoms with E-state index in [0.717, 1.165) is 19.5 Å². The van der Waals surface area contributed by atoms with Crippen LogP contribution in [0.5, 0.6) is 0 Å². The van der Waals surface area contributed by atoms with Crippen molar-refractivity contribution in [3.05, 3.63) is 12.7 Å². The third-order valence-electron chi connectivity index (χ3n) is 3.35. The predicted molar refractivity (Wildman–Crippen MR) is 72.4 cm³/mol. The Morgan fingerprint density at radius 2 is 2.50 bits per heavy atom. The Morgan fingerprint density at radius 3 is 3.06 bits per heavy atom. The number of aliphatic hydroxyl groups is 1. The van der Waals surface area contributed by atoms with Crippen molar-refractivity contribution in [3.8, 4) is 0 Å². The lowest BCUT2D eigenvalue weighted by molar-refractivity contribution is -0.125. The average molecular weight is 255 g/mol. The van der Waals surface area contributed by atoms with Gasteiger partial charge in [-0.2, -0.15) is 0 Å². The van der Waals surface area contributed by atoms with Crippen LogP contribution >= 0.6 is 0 Å². The van der Waals surface area contributed by atoms with E-state index in [4.69, 9.17) is 5.11 Å². The lowest BCUT2D eigenvalue weighted by atomic mass is 10.1. The Balaban J connectivity index is 2.47. The quantitative estimate of drug-likeness (QED) is 0.522. The Morgan fingerprint density at radius 1 is 1.72 bits per heavy atom. The Bertz CT molecular complexity index is 265. The molecule has 3 N–H and O–H groups in total. The molecule has 1 saturated heterocycles. The minimum atomic E-state index is -0.223. The number of carbonyl (C=O) groups excluding carboxylic acids is 1. The molecule has 2 atom stereocenters. The van der Waals surface area contributed by atoms with Gasteiger partial charge in [0.1, 0.15) is 0 Å². The van der Waals surface area contributed by atoms with E-state index in [0.29, 0.717) is 19.1 Å². The van der Waals surface area contributed by atoms with Crippen LogP contribution in [-0.4, -0.2) is 60.8 Å². The van der Waals surface area contributed by atoms with Crippen molar-refractivity contribution in [3.63, 3.8) is 0 Å². The third kappa shape index (κ3) is 4.76. The van der Waals surface area contributed by atoms with Gasteiger partial charge in [-0.3, -0.25) is 9.69 Å². The van der Waals surface area contributed by atoms with E-state index in [9.17, 15) is 4.79 Å². The smallest absolute Gasteiger partial charge is 0.237 e. The van der Waals surface area contributed by atoms with Crippen molar-refractivity contribution in [1.82, 2.24) is 15.5 Å². The van der Waals surface area contributed by atoms with Crippen molar-refractivity contribution in [2.24, 2.45) is 0 Å². The maximum atomic E-state index is 11.9. The van der Waals surface area contributed by atoms with E-state index in [1.807, 2.05) is 11.8 Å². The minimum absolute atomic E-state index is 0.0126. The minimum Gasteiger partial charge on any atom is -0.395 e. The van der Waals surface area contributed by atoms with Crippen LogP contribution < -0.4 is 10.6 Å². The van der Waals surface area contributed by atoms with E-state index in [2.05, 4.69) is 17.2 Å². The summed E-state index contributed by atoms with van der Waals surface area (Å²) in [4.78, 5) is 13.9. The van der Waals surface area contributed by atoms with Crippen molar-refractivity contribution >= 4 is 5.91 Å². The molecule has 0 bridgehead atoms. The van der Waals surface area contributed by atoms with Crippen LogP contribution in [0.2, 0.25) is 0 Å². The molecule has 5 nitrogen and oxygen atoms in total. The van der Waals surface area contributed by atoms with Gasteiger partial charge in [0.25, 0.3) is 0 Å². The van der Waals surface area contributed by atoms with E-state index in [1.165, 1.54) is 6.42 Å². The van der Waals surface area contributed by atoms with Gasteiger partial charge in [-0.15, -0.1) is 6.58 Å². The molecule has 1 amide bonds. The molecule has 0 saturated carbocycles. The predicted octanol–water partition coefficient (Wildman–Crippen LogP) is -0.277. The number of amides is 1. The zero-order valence-corrected chi connectivity index (χ0v) is 11.2. The van der Waals surface area contributed by atoms with Gasteiger partial charge in [0.2, 0.25) is 5.91 Å². The average Bonchev–Trinajstić information content (AvgIpc) is 2.87. The molecule has 2 unspecified atom stereocenters. The zero-order valence-electron chi connectivity index (χ0n) is 11.2. The topological polar surface area (TPSA) is 64.6 Å². The van der Waals surface area contributed by atoms with Gasteiger partial charge >= 0.3 is 0 Å². The fourth-order valence-corrected chi connectivity index (χ4v) is 2.25. The van der Waals surface area contributed by atoms with Crippen LogP contribution in [0.1, 0.15) is 19.8 Å². The second-order valence-electron chi connectivity index (χ2n) is 4.72. The molecule has 1 aliphatic heterocycles. The summed E-state index contributed by atoms with van der Waals surface area (Å²) >= 11 is 0. The molecule has 5 heteroatoms. The van der Waals surface area contributed by atoms with E-state index >= 15 is 0 Å². The van der Waals surface area contributed by atoms with Crippen molar-refractivity contribution in [2.75, 3.05) is 32.8 Å². The summed E-state index contributed by atoms with van der Waals surface area (Å²) in [5.41, 5.74) is 0. The van der Waals surface area contributed by atoms with Gasteiger partial charge in [-0.25, -0.2) is 0 Å². The van der Waals surface area contributed by atoms with E-state index in [-0.39, 0.29) is 18.6 Å². The fourth-order valence-electron chi connectivity index (χ4n) is 2.25. The van der Waals surface area contributed by atoms with Crippen LogP contribution in [-0.2, 0) is 4.79 Å². The van der Waals surface area contributed by atoms with Crippen LogP contribution in [0.4, 0.5) is 0 Å². The normalized spacial score (nSPS) is 20.9. The highest BCUT2D eigenvalue weighted by molar-refractivity contribution is 5.81. The lowest BCUT2D eigenvalue weighted by Crippen LogP contribution is -2.50. The molecule has 0 aromatic heterocycles. The highest BCUT2D eigenvalue weighted by Crippen LogP contribution is 2.09. The summed E-state index contributed by atoms with van der Waals surface area (Å²) in [6.45, 7) is 8.40. The molecule has 0 spiro atoms. The number of nitrogens with one attached hydrogen (secondary N) is 2. The molecular weight excluding hydrogens is 230 g/mol. The van der Waals surface area contributed by atoms with Gasteiger partial charge in [0, 0.05) is 25.7 Å². The van der Waals surface area contributed by atoms with Crippen molar-refractivity contribution < 1.29 is 9.90 Å².